The van der Waals surface area contributed by atoms with E-state index in [0.717, 1.165) is 36.2 Å². The zero-order chi connectivity index (χ0) is 18.7. The van der Waals surface area contributed by atoms with E-state index in [4.69, 9.17) is 5.11 Å². The molecular weight excluding hydrogens is 332 g/mol. The number of fused-ring (bicyclic) bond motifs is 1. The molecule has 2 aromatic rings. The number of nitrogens with zero attached hydrogens (tertiary/aromatic N) is 1. The Morgan fingerprint density at radius 3 is 2.50 bits per heavy atom. The summed E-state index contributed by atoms with van der Waals surface area (Å²) in [5.74, 6) is -1.14. The van der Waals surface area contributed by atoms with E-state index < -0.39 is 5.97 Å². The number of carboxylic acid groups (broad SMARTS) is 1. The fourth-order valence-corrected chi connectivity index (χ4v) is 3.16. The molecule has 6 nitrogen and oxygen atoms in total. The third kappa shape index (κ3) is 3.91. The number of aromatic carboxylic acids is 1. The molecule has 0 atom stereocenters. The highest BCUT2D eigenvalue weighted by Crippen LogP contribution is 2.29. The van der Waals surface area contributed by atoms with Gasteiger partial charge in [0, 0.05) is 24.8 Å². The van der Waals surface area contributed by atoms with Crippen LogP contribution in [0.4, 0.5) is 11.4 Å². The number of anilines is 2. The van der Waals surface area contributed by atoms with Crippen LogP contribution in [0.3, 0.4) is 0 Å². The minimum absolute atomic E-state index is 0.0209. The highest BCUT2D eigenvalue weighted by molar-refractivity contribution is 5.95. The maximum Gasteiger partial charge on any atom is 0.335 e. The van der Waals surface area contributed by atoms with Gasteiger partial charge >= 0.3 is 5.97 Å². The monoisotopic (exact) mass is 352 g/mol. The Hall–Kier alpha value is -3.15. The van der Waals surface area contributed by atoms with Crippen LogP contribution in [0.25, 0.3) is 0 Å². The third-order valence-corrected chi connectivity index (χ3v) is 4.43. The molecule has 0 radical (unpaired) electrons. The molecule has 0 fully saturated rings. The van der Waals surface area contributed by atoms with E-state index in [1.165, 1.54) is 12.1 Å². The van der Waals surface area contributed by atoms with Crippen molar-refractivity contribution in [1.82, 2.24) is 0 Å². The van der Waals surface area contributed by atoms with Crippen molar-refractivity contribution in [3.8, 4) is 0 Å². The fraction of sp³-hybridized carbons (Fsp3) is 0.250. The Balaban J connectivity index is 1.68. The van der Waals surface area contributed by atoms with Crippen molar-refractivity contribution in [3.63, 3.8) is 0 Å². The predicted octanol–water partition coefficient (Wildman–Crippen LogP) is 2.87. The van der Waals surface area contributed by atoms with Crippen LogP contribution in [0.15, 0.2) is 42.5 Å². The van der Waals surface area contributed by atoms with E-state index in [1.54, 1.807) is 30.0 Å². The van der Waals surface area contributed by atoms with Gasteiger partial charge < -0.3 is 15.3 Å². The van der Waals surface area contributed by atoms with Gasteiger partial charge in [0.2, 0.25) is 11.8 Å². The molecule has 1 aliphatic heterocycles. The van der Waals surface area contributed by atoms with Crippen LogP contribution >= 0.6 is 0 Å². The molecular formula is C20H20N2O4. The fourth-order valence-electron chi connectivity index (χ4n) is 3.16. The van der Waals surface area contributed by atoms with Crippen molar-refractivity contribution in [1.29, 1.82) is 0 Å². The summed E-state index contributed by atoms with van der Waals surface area (Å²) in [6.45, 7) is 2.28. The van der Waals surface area contributed by atoms with Crippen molar-refractivity contribution in [2.75, 3.05) is 16.8 Å². The largest absolute Gasteiger partial charge is 0.478 e. The lowest BCUT2D eigenvalue weighted by Gasteiger charge is -2.29. The zero-order valence-electron chi connectivity index (χ0n) is 14.5. The molecule has 0 aliphatic carbocycles. The molecule has 26 heavy (non-hydrogen) atoms. The lowest BCUT2D eigenvalue weighted by Crippen LogP contribution is -2.33. The van der Waals surface area contributed by atoms with Gasteiger partial charge in [-0.25, -0.2) is 4.79 Å². The molecule has 0 unspecified atom stereocenters. The normalized spacial score (nSPS) is 13.0. The van der Waals surface area contributed by atoms with Crippen molar-refractivity contribution in [2.24, 2.45) is 0 Å². The Morgan fingerprint density at radius 1 is 1.12 bits per heavy atom. The number of carbonyl (C=O) groups excluding carboxylic acids is 2. The Kier molecular flexibility index (Phi) is 5.02. The van der Waals surface area contributed by atoms with Crippen LogP contribution in [0, 0.1) is 0 Å². The number of aryl methyl sites for hydroxylation is 1. The highest BCUT2D eigenvalue weighted by Gasteiger charge is 2.20. The molecule has 0 bridgehead atoms. The van der Waals surface area contributed by atoms with E-state index in [-0.39, 0.29) is 23.8 Å². The first-order valence-electron chi connectivity index (χ1n) is 8.47. The molecule has 2 aromatic carbocycles. The topological polar surface area (TPSA) is 86.7 Å². The molecule has 134 valence electrons. The first kappa shape index (κ1) is 17.7. The van der Waals surface area contributed by atoms with Crippen LogP contribution in [0.1, 0.15) is 34.8 Å². The van der Waals surface area contributed by atoms with Gasteiger partial charge in [-0.1, -0.05) is 12.1 Å². The summed E-state index contributed by atoms with van der Waals surface area (Å²) in [6.07, 6.45) is 1.94. The van der Waals surface area contributed by atoms with Crippen LogP contribution in [0.2, 0.25) is 0 Å². The lowest BCUT2D eigenvalue weighted by molar-refractivity contribution is -0.117. The van der Waals surface area contributed by atoms with Gasteiger partial charge in [0.25, 0.3) is 0 Å². The summed E-state index contributed by atoms with van der Waals surface area (Å²) in [5, 5.41) is 11.8. The quantitative estimate of drug-likeness (QED) is 0.886. The van der Waals surface area contributed by atoms with Crippen LogP contribution in [-0.2, 0) is 22.4 Å². The number of hydrogen-bond donors (Lipinski definition) is 2. The van der Waals surface area contributed by atoms with Crippen LogP contribution in [0.5, 0.6) is 0 Å². The molecule has 1 heterocycles. The Labute approximate surface area is 151 Å². The third-order valence-electron chi connectivity index (χ3n) is 4.43. The molecule has 2 amide bonds. The van der Waals surface area contributed by atoms with Crippen molar-refractivity contribution >= 4 is 29.2 Å². The lowest BCUT2D eigenvalue weighted by atomic mass is 10.0. The highest BCUT2D eigenvalue weighted by atomic mass is 16.4. The number of carboxylic acids is 1. The van der Waals surface area contributed by atoms with Gasteiger partial charge in [-0.3, -0.25) is 9.59 Å². The molecule has 0 saturated carbocycles. The van der Waals surface area contributed by atoms with Gasteiger partial charge in [-0.15, -0.1) is 0 Å². The SMILES string of the molecule is CC(=O)N1CCCc2cc(NC(=O)Cc3ccc(C(=O)O)cc3)ccc21. The van der Waals surface area contributed by atoms with Crippen LogP contribution in [-0.4, -0.2) is 29.4 Å². The van der Waals surface area contributed by atoms with Crippen molar-refractivity contribution in [2.45, 2.75) is 26.2 Å². The summed E-state index contributed by atoms with van der Waals surface area (Å²) < 4.78 is 0. The predicted molar refractivity (Wildman–Crippen MR) is 98.5 cm³/mol. The summed E-state index contributed by atoms with van der Waals surface area (Å²) in [7, 11) is 0. The Bertz CT molecular complexity index is 859. The molecule has 1 aliphatic rings. The number of amides is 2. The van der Waals surface area contributed by atoms with E-state index in [2.05, 4.69) is 5.32 Å². The summed E-state index contributed by atoms with van der Waals surface area (Å²) in [4.78, 5) is 36.6. The van der Waals surface area contributed by atoms with Crippen LogP contribution < -0.4 is 10.2 Å². The van der Waals surface area contributed by atoms with Gasteiger partial charge in [0.05, 0.1) is 12.0 Å². The average molecular weight is 352 g/mol. The second-order valence-corrected chi connectivity index (χ2v) is 6.34. The molecule has 0 aromatic heterocycles. The van der Waals surface area contributed by atoms with E-state index in [9.17, 15) is 14.4 Å². The zero-order valence-corrected chi connectivity index (χ0v) is 14.5. The number of hydrogen-bond acceptors (Lipinski definition) is 3. The number of rotatable bonds is 4. The number of benzene rings is 2. The first-order chi connectivity index (χ1) is 12.4. The minimum atomic E-state index is -0.991. The summed E-state index contributed by atoms with van der Waals surface area (Å²) in [5.41, 5.74) is 3.59. The molecule has 2 N–H and O–H groups in total. The first-order valence-corrected chi connectivity index (χ1v) is 8.47. The molecule has 0 spiro atoms. The number of nitrogens with one attached hydrogen (secondary N) is 1. The summed E-state index contributed by atoms with van der Waals surface area (Å²) in [6, 6.07) is 11.8. The second kappa shape index (κ2) is 7.39. The maximum absolute atomic E-state index is 12.2. The summed E-state index contributed by atoms with van der Waals surface area (Å²) >= 11 is 0. The van der Waals surface area contributed by atoms with Gasteiger partial charge in [-0.2, -0.15) is 0 Å². The van der Waals surface area contributed by atoms with Crippen molar-refractivity contribution in [3.05, 3.63) is 59.2 Å². The van der Waals surface area contributed by atoms with E-state index in [1.807, 2.05) is 12.1 Å². The number of carbonyl (C=O) groups is 3. The van der Waals surface area contributed by atoms with E-state index in [0.29, 0.717) is 5.69 Å². The Morgan fingerprint density at radius 2 is 1.85 bits per heavy atom. The van der Waals surface area contributed by atoms with Gasteiger partial charge in [0.1, 0.15) is 0 Å². The minimum Gasteiger partial charge on any atom is -0.478 e. The van der Waals surface area contributed by atoms with Gasteiger partial charge in [0.15, 0.2) is 0 Å². The van der Waals surface area contributed by atoms with E-state index >= 15 is 0 Å². The second-order valence-electron chi connectivity index (χ2n) is 6.34. The van der Waals surface area contributed by atoms with Gasteiger partial charge in [-0.05, 0) is 54.3 Å². The molecule has 3 rings (SSSR count). The molecule has 0 saturated heterocycles. The maximum atomic E-state index is 12.2. The van der Waals surface area contributed by atoms with Crippen molar-refractivity contribution < 1.29 is 19.5 Å². The standard InChI is InChI=1S/C20H20N2O4/c1-13(23)22-10-2-3-16-12-17(8-9-18(16)22)21-19(24)11-14-4-6-15(7-5-14)20(25)26/h4-9,12H,2-3,10-11H2,1H3,(H,21,24)(H,25,26). The molecule has 6 heteroatoms. The smallest absolute Gasteiger partial charge is 0.335 e. The average Bonchev–Trinajstić information content (AvgIpc) is 2.61.